The summed E-state index contributed by atoms with van der Waals surface area (Å²) in [6.45, 7) is 4.87. The minimum atomic E-state index is -0.787. The highest BCUT2D eigenvalue weighted by Crippen LogP contribution is 2.08. The molecule has 0 bridgehead atoms. The molecule has 1 unspecified atom stereocenters. The molecule has 1 atom stereocenters. The van der Waals surface area contributed by atoms with Gasteiger partial charge in [-0.1, -0.05) is 33.6 Å². The van der Waals surface area contributed by atoms with Crippen LogP contribution in [0.1, 0.15) is 19.4 Å². The summed E-state index contributed by atoms with van der Waals surface area (Å²) in [5, 5.41) is 8.28. The highest BCUT2D eigenvalue weighted by atomic mass is 79.9. The lowest BCUT2D eigenvalue weighted by Crippen LogP contribution is -2.10. The van der Waals surface area contributed by atoms with Crippen LogP contribution in [0.5, 0.6) is 0 Å². The number of hydrogen-bond donors (Lipinski definition) is 1. The van der Waals surface area contributed by atoms with Gasteiger partial charge in [-0.15, -0.1) is 0 Å². The second-order valence-electron chi connectivity index (χ2n) is 3.08. The van der Waals surface area contributed by atoms with Gasteiger partial charge in [0.2, 0.25) is 0 Å². The lowest BCUT2D eigenvalue weighted by molar-refractivity contribution is -0.124. The first-order valence-electron chi connectivity index (χ1n) is 4.34. The van der Waals surface area contributed by atoms with Gasteiger partial charge in [0.05, 0.1) is 0 Å². The van der Waals surface area contributed by atoms with Crippen LogP contribution >= 0.6 is 15.9 Å². The third kappa shape index (κ3) is 6.80. The van der Waals surface area contributed by atoms with Crippen molar-refractivity contribution in [2.24, 2.45) is 0 Å². The molecule has 0 heterocycles. The fourth-order valence-electron chi connectivity index (χ4n) is 0.533. The van der Waals surface area contributed by atoms with Gasteiger partial charge in [0.25, 0.3) is 0 Å². The summed E-state index contributed by atoms with van der Waals surface area (Å²) < 4.78 is 1.14. The first-order valence-corrected chi connectivity index (χ1v) is 5.13. The van der Waals surface area contributed by atoms with Gasteiger partial charge in [-0.3, -0.25) is 4.79 Å². The normalized spacial score (nSPS) is 11.2. The van der Waals surface area contributed by atoms with Crippen molar-refractivity contribution in [2.75, 3.05) is 0 Å². The van der Waals surface area contributed by atoms with Crippen molar-refractivity contribution in [2.45, 2.75) is 26.9 Å². The van der Waals surface area contributed by atoms with E-state index in [0.29, 0.717) is 0 Å². The van der Waals surface area contributed by atoms with Gasteiger partial charge >= 0.3 is 0 Å². The van der Waals surface area contributed by atoms with Crippen LogP contribution in [0.2, 0.25) is 0 Å². The van der Waals surface area contributed by atoms with Crippen molar-refractivity contribution in [3.05, 3.63) is 34.3 Å². The van der Waals surface area contributed by atoms with E-state index in [-0.39, 0.29) is 5.78 Å². The third-order valence-corrected chi connectivity index (χ3v) is 2.13. The predicted molar refractivity (Wildman–Crippen MR) is 61.2 cm³/mol. The molecule has 0 saturated carbocycles. The van der Waals surface area contributed by atoms with Gasteiger partial charge in [0, 0.05) is 4.47 Å². The van der Waals surface area contributed by atoms with Crippen molar-refractivity contribution < 1.29 is 9.90 Å². The van der Waals surface area contributed by atoms with Crippen LogP contribution < -0.4 is 0 Å². The molecule has 3 heteroatoms. The van der Waals surface area contributed by atoms with E-state index in [1.54, 1.807) is 0 Å². The summed E-state index contributed by atoms with van der Waals surface area (Å²) in [5.41, 5.74) is 1.30. The Kier molecular flexibility index (Phi) is 6.41. The van der Waals surface area contributed by atoms with E-state index in [1.165, 1.54) is 19.4 Å². The van der Waals surface area contributed by atoms with Gasteiger partial charge in [0.1, 0.15) is 6.10 Å². The Labute approximate surface area is 93.1 Å². The minimum absolute atomic E-state index is 0.185. The fraction of sp³-hybridized carbons (Fsp3) is 0.364. The number of carbonyl (C=O) groups excluding carboxylic acids is 1. The standard InChI is InChI=1S/C7H7Br.C4H8O2/c1-6-2-4-7(8)5-3-6;1-3(5)4(2)6/h2-5H,1H3;3,5H,1-2H3. The monoisotopic (exact) mass is 258 g/mol. The maximum absolute atomic E-state index is 9.89. The molecule has 0 aliphatic rings. The molecular weight excluding hydrogens is 244 g/mol. The molecule has 0 fully saturated rings. The summed E-state index contributed by atoms with van der Waals surface area (Å²) in [4.78, 5) is 9.89. The molecule has 2 nitrogen and oxygen atoms in total. The summed E-state index contributed by atoms with van der Waals surface area (Å²) in [6, 6.07) is 8.22. The lowest BCUT2D eigenvalue weighted by Gasteiger charge is -1.90. The summed E-state index contributed by atoms with van der Waals surface area (Å²) in [6.07, 6.45) is -0.787. The first kappa shape index (κ1) is 13.3. The number of Topliss-reactive ketones (excluding diaryl/α,β-unsaturated/α-hetero) is 1. The van der Waals surface area contributed by atoms with Gasteiger partial charge in [0.15, 0.2) is 5.78 Å². The number of aliphatic hydroxyl groups excluding tert-OH is 1. The molecule has 0 radical (unpaired) electrons. The average molecular weight is 259 g/mol. The van der Waals surface area contributed by atoms with Gasteiger partial charge in [-0.25, -0.2) is 0 Å². The molecule has 78 valence electrons. The molecular formula is C11H15BrO2. The molecule has 0 aromatic heterocycles. The Morgan fingerprint density at radius 3 is 1.93 bits per heavy atom. The summed E-state index contributed by atoms with van der Waals surface area (Å²) in [7, 11) is 0. The number of carbonyl (C=O) groups is 1. The Morgan fingerprint density at radius 2 is 1.71 bits per heavy atom. The van der Waals surface area contributed by atoms with Crippen LogP contribution in [0.25, 0.3) is 0 Å². The number of aryl methyl sites for hydroxylation is 1. The lowest BCUT2D eigenvalue weighted by atomic mass is 10.2. The second-order valence-corrected chi connectivity index (χ2v) is 4.00. The molecule has 0 amide bonds. The molecule has 1 rings (SSSR count). The van der Waals surface area contributed by atoms with E-state index >= 15 is 0 Å². The van der Waals surface area contributed by atoms with E-state index < -0.39 is 6.10 Å². The predicted octanol–water partition coefficient (Wildman–Crippen LogP) is 2.71. The van der Waals surface area contributed by atoms with Gasteiger partial charge in [-0.2, -0.15) is 0 Å². The van der Waals surface area contributed by atoms with E-state index in [2.05, 4.69) is 35.0 Å². The third-order valence-electron chi connectivity index (χ3n) is 1.60. The van der Waals surface area contributed by atoms with Crippen molar-refractivity contribution in [3.8, 4) is 0 Å². The van der Waals surface area contributed by atoms with Crippen molar-refractivity contribution in [1.29, 1.82) is 0 Å². The number of hydrogen-bond acceptors (Lipinski definition) is 2. The first-order chi connectivity index (χ1) is 6.43. The number of benzene rings is 1. The van der Waals surface area contributed by atoms with Crippen LogP contribution in [-0.4, -0.2) is 17.0 Å². The average Bonchev–Trinajstić information content (AvgIpc) is 2.11. The number of aliphatic hydroxyl groups is 1. The molecule has 0 aliphatic heterocycles. The van der Waals surface area contributed by atoms with E-state index in [0.717, 1.165) is 4.47 Å². The number of rotatable bonds is 1. The summed E-state index contributed by atoms with van der Waals surface area (Å²) >= 11 is 3.35. The SMILES string of the molecule is CC(=O)C(C)O.Cc1ccc(Br)cc1. The highest BCUT2D eigenvalue weighted by molar-refractivity contribution is 9.10. The molecule has 1 aromatic carbocycles. The number of halogens is 1. The van der Waals surface area contributed by atoms with Crippen LogP contribution in [-0.2, 0) is 4.79 Å². The van der Waals surface area contributed by atoms with Crippen LogP contribution in [0, 0.1) is 6.92 Å². The van der Waals surface area contributed by atoms with Gasteiger partial charge < -0.3 is 5.11 Å². The van der Waals surface area contributed by atoms with E-state index in [9.17, 15) is 4.79 Å². The zero-order chi connectivity index (χ0) is 11.1. The smallest absolute Gasteiger partial charge is 0.157 e. The molecule has 1 N–H and O–H groups in total. The largest absolute Gasteiger partial charge is 0.386 e. The maximum atomic E-state index is 9.89. The quantitative estimate of drug-likeness (QED) is 0.841. The molecule has 0 saturated heterocycles. The Bertz CT molecular complexity index is 257. The van der Waals surface area contributed by atoms with Crippen molar-refractivity contribution >= 4 is 21.7 Å². The Morgan fingerprint density at radius 1 is 1.36 bits per heavy atom. The highest BCUT2D eigenvalue weighted by Gasteiger charge is 1.97. The van der Waals surface area contributed by atoms with Gasteiger partial charge in [-0.05, 0) is 32.9 Å². The fourth-order valence-corrected chi connectivity index (χ4v) is 0.798. The number of ketones is 1. The van der Waals surface area contributed by atoms with Crippen molar-refractivity contribution in [3.63, 3.8) is 0 Å². The Hall–Kier alpha value is -0.670. The second kappa shape index (κ2) is 6.74. The van der Waals surface area contributed by atoms with Crippen LogP contribution in [0.4, 0.5) is 0 Å². The molecule has 14 heavy (non-hydrogen) atoms. The van der Waals surface area contributed by atoms with Crippen LogP contribution in [0.3, 0.4) is 0 Å². The maximum Gasteiger partial charge on any atom is 0.157 e. The van der Waals surface area contributed by atoms with Crippen LogP contribution in [0.15, 0.2) is 28.7 Å². The minimum Gasteiger partial charge on any atom is -0.386 e. The van der Waals surface area contributed by atoms with E-state index in [4.69, 9.17) is 5.11 Å². The summed E-state index contributed by atoms with van der Waals surface area (Å²) in [5.74, 6) is -0.185. The Balaban J connectivity index is 0.000000255. The zero-order valence-electron chi connectivity index (χ0n) is 8.62. The van der Waals surface area contributed by atoms with E-state index in [1.807, 2.05) is 12.1 Å². The molecule has 0 aliphatic carbocycles. The van der Waals surface area contributed by atoms with Crippen molar-refractivity contribution in [1.82, 2.24) is 0 Å². The topological polar surface area (TPSA) is 37.3 Å². The zero-order valence-corrected chi connectivity index (χ0v) is 10.2. The molecule has 0 spiro atoms. The molecule has 1 aromatic rings.